The van der Waals surface area contributed by atoms with Crippen LogP contribution in [0.25, 0.3) is 166 Å². The second kappa shape index (κ2) is 19.9. The first-order valence-electron chi connectivity index (χ1n) is 29.8. The van der Waals surface area contributed by atoms with Crippen molar-refractivity contribution in [3.8, 4) is 145 Å². The summed E-state index contributed by atoms with van der Waals surface area (Å²) in [6, 6.07) is 106. The Morgan fingerprint density at radius 3 is 0.906 bits per heavy atom. The fourth-order valence-corrected chi connectivity index (χ4v) is 14.9. The maximum Gasteiger partial charge on any atom is 0.0465 e. The fraction of sp³-hybridized carbons (Fsp3) is 0.0238. The van der Waals surface area contributed by atoms with E-state index in [0.29, 0.717) is 0 Å². The Labute approximate surface area is 495 Å². The zero-order chi connectivity index (χ0) is 56.0. The van der Waals surface area contributed by atoms with Gasteiger partial charge in [0.2, 0.25) is 0 Å². The third kappa shape index (κ3) is 7.64. The minimum absolute atomic E-state index is 0.175. The van der Waals surface area contributed by atoms with Gasteiger partial charge in [0.15, 0.2) is 0 Å². The summed E-state index contributed by atoms with van der Waals surface area (Å²) in [5.41, 5.74) is 33.6. The number of H-pyrrole nitrogens is 1. The van der Waals surface area contributed by atoms with Gasteiger partial charge >= 0.3 is 0 Å². The van der Waals surface area contributed by atoms with Crippen molar-refractivity contribution in [1.29, 1.82) is 0 Å². The largest absolute Gasteiger partial charge is 0.355 e. The quantitative estimate of drug-likeness (QED) is 0.140. The molecule has 1 atom stereocenters. The van der Waals surface area contributed by atoms with E-state index in [1.165, 1.54) is 161 Å². The van der Waals surface area contributed by atoms with Gasteiger partial charge in [-0.05, 0) is 168 Å². The fourth-order valence-electron chi connectivity index (χ4n) is 14.9. The van der Waals surface area contributed by atoms with E-state index >= 15 is 0 Å². The van der Waals surface area contributed by atoms with Gasteiger partial charge in [-0.25, -0.2) is 0 Å². The molecule has 13 aromatic carbocycles. The number of rotatable bonds is 10. The first kappa shape index (κ1) is 48.8. The third-order valence-electron chi connectivity index (χ3n) is 18.3. The summed E-state index contributed by atoms with van der Waals surface area (Å²) < 4.78 is 0. The van der Waals surface area contributed by atoms with E-state index in [9.17, 15) is 0 Å². The molecule has 0 aliphatic heterocycles. The molecule has 85 heavy (non-hydrogen) atoms. The molecule has 3 aliphatic rings. The van der Waals surface area contributed by atoms with Gasteiger partial charge < -0.3 is 4.98 Å². The van der Waals surface area contributed by atoms with Gasteiger partial charge in [-0.1, -0.05) is 297 Å². The minimum atomic E-state index is 0.175. The summed E-state index contributed by atoms with van der Waals surface area (Å²) in [6.45, 7) is 0. The Kier molecular flexibility index (Phi) is 11.5. The molecule has 396 valence electrons. The molecule has 0 radical (unpaired) electrons. The number of benzene rings is 13. The lowest BCUT2D eigenvalue weighted by molar-refractivity contribution is 0.859. The lowest BCUT2D eigenvalue weighted by Crippen LogP contribution is -2.06. The summed E-state index contributed by atoms with van der Waals surface area (Å²) in [5.74, 6) is 0.175. The molecule has 1 heterocycles. The number of allylic oxidation sites excluding steroid dienone is 4. The average molecular weight is 1080 g/mol. The molecule has 0 bridgehead atoms. The van der Waals surface area contributed by atoms with E-state index in [1.54, 1.807) is 0 Å². The summed E-state index contributed by atoms with van der Waals surface area (Å²) >= 11 is 0. The van der Waals surface area contributed by atoms with E-state index in [0.717, 1.165) is 17.8 Å². The van der Waals surface area contributed by atoms with E-state index < -0.39 is 0 Å². The first-order chi connectivity index (χ1) is 42.3. The number of hydrogen-bond donors (Lipinski definition) is 1. The first-order valence-corrected chi connectivity index (χ1v) is 29.8. The molecule has 0 spiro atoms. The molecular weight excluding hydrogens is 1020 g/mol. The van der Waals surface area contributed by atoms with Crippen LogP contribution in [0.2, 0.25) is 0 Å². The smallest absolute Gasteiger partial charge is 0.0465 e. The summed E-state index contributed by atoms with van der Waals surface area (Å²) in [6.07, 6.45) is 10.2. The van der Waals surface area contributed by atoms with Gasteiger partial charge in [-0.2, -0.15) is 0 Å². The zero-order valence-electron chi connectivity index (χ0n) is 46.7. The van der Waals surface area contributed by atoms with Gasteiger partial charge in [0.1, 0.15) is 0 Å². The van der Waals surface area contributed by atoms with Crippen LogP contribution in [0.4, 0.5) is 0 Å². The van der Waals surface area contributed by atoms with E-state index in [1.807, 2.05) is 0 Å². The van der Waals surface area contributed by atoms with Crippen LogP contribution < -0.4 is 0 Å². The third-order valence-corrected chi connectivity index (χ3v) is 18.3. The van der Waals surface area contributed by atoms with Gasteiger partial charge in [-0.15, -0.1) is 0 Å². The van der Waals surface area contributed by atoms with Crippen molar-refractivity contribution in [1.82, 2.24) is 4.98 Å². The summed E-state index contributed by atoms with van der Waals surface area (Å²) in [5, 5.41) is 5.06. The number of aromatic nitrogens is 1. The number of aromatic amines is 1. The maximum atomic E-state index is 4.07. The molecule has 0 saturated heterocycles. The number of fused-ring (bicyclic) bond motifs is 6. The maximum absolute atomic E-state index is 4.07. The second-order valence-corrected chi connectivity index (χ2v) is 22.8. The molecule has 0 fully saturated rings. The van der Waals surface area contributed by atoms with Gasteiger partial charge in [0.25, 0.3) is 0 Å². The average Bonchev–Trinajstić information content (AvgIpc) is 1.67. The monoisotopic (exact) mass is 1080 g/mol. The Hall–Kier alpha value is -10.9. The van der Waals surface area contributed by atoms with Gasteiger partial charge in [0, 0.05) is 28.4 Å². The van der Waals surface area contributed by atoms with Crippen molar-refractivity contribution >= 4 is 21.5 Å². The predicted molar refractivity (Wildman–Crippen MR) is 359 cm³/mol. The predicted octanol–water partition coefficient (Wildman–Crippen LogP) is 23.2. The number of hydrogen-bond acceptors (Lipinski definition) is 0. The van der Waals surface area contributed by atoms with Crippen molar-refractivity contribution in [2.24, 2.45) is 0 Å². The van der Waals surface area contributed by atoms with Crippen LogP contribution in [0, 0.1) is 0 Å². The van der Waals surface area contributed by atoms with Crippen LogP contribution in [-0.4, -0.2) is 4.98 Å². The Morgan fingerprint density at radius 2 is 0.541 bits per heavy atom. The lowest BCUT2D eigenvalue weighted by atomic mass is 9.74. The minimum Gasteiger partial charge on any atom is -0.355 e. The highest BCUT2D eigenvalue weighted by Gasteiger charge is 2.37. The molecular formula is C84H55N. The Balaban J connectivity index is 0.882. The van der Waals surface area contributed by atoms with E-state index in [-0.39, 0.29) is 5.92 Å². The van der Waals surface area contributed by atoms with Crippen LogP contribution in [0.15, 0.2) is 309 Å². The van der Waals surface area contributed by atoms with Crippen molar-refractivity contribution in [3.63, 3.8) is 0 Å². The van der Waals surface area contributed by atoms with E-state index in [2.05, 4.69) is 314 Å². The molecule has 1 nitrogen and oxygen atoms in total. The van der Waals surface area contributed by atoms with Gasteiger partial charge in [-0.3, -0.25) is 0 Å². The molecule has 1 N–H and O–H groups in total. The standard InChI is InChI=1S/C84H55N/c1-9-27-53(28-10-1)71-73(55-31-13-3-14-32-55)77(59-39-21-7-22-40-59)83-67-49-47-61(63-43-25-45-65(79(63)67)81(83)75(71)57-35-17-5-18-36-57)69-51-52-70(85-69)62-48-50-68-80-64(62)44-26-46-66(80)82-76(58-37-19-6-20-38-58)72(54-29-11-2-12-30-54)74(56-33-15-4-16-34-56)78(84(68)82)60-41-23-8-24-42-60/h1-37,39-52,58,85H,38H2. The molecule has 0 saturated carbocycles. The SMILES string of the molecule is C1=CCC(c2c(-c3ccccc3)c(-c3ccccc3)c(-c3ccccc3)c3c2-c2cccc4c(-c5ccc(-c6ccc7c8c(cccc68)-c6c(-c8ccccc8)c(-c8ccccc8)c(-c8ccccc8)c(-c8ccccc8)c6-7)[nH]5)ccc-3c24)C=C1. The Morgan fingerprint density at radius 1 is 0.235 bits per heavy atom. The van der Waals surface area contributed by atoms with Crippen LogP contribution in [0.5, 0.6) is 0 Å². The van der Waals surface area contributed by atoms with Crippen molar-refractivity contribution < 1.29 is 0 Å². The van der Waals surface area contributed by atoms with Gasteiger partial charge in [0.05, 0.1) is 0 Å². The molecule has 17 rings (SSSR count). The molecule has 1 heteroatoms. The molecule has 0 amide bonds. The van der Waals surface area contributed by atoms with Crippen molar-refractivity contribution in [2.75, 3.05) is 0 Å². The summed E-state index contributed by atoms with van der Waals surface area (Å²) in [4.78, 5) is 4.07. The lowest BCUT2D eigenvalue weighted by Gasteiger charge is -2.29. The summed E-state index contributed by atoms with van der Waals surface area (Å²) in [7, 11) is 0. The molecule has 1 aromatic heterocycles. The second-order valence-electron chi connectivity index (χ2n) is 22.8. The van der Waals surface area contributed by atoms with Crippen molar-refractivity contribution in [3.05, 3.63) is 315 Å². The highest BCUT2D eigenvalue weighted by atomic mass is 14.7. The topological polar surface area (TPSA) is 15.8 Å². The zero-order valence-corrected chi connectivity index (χ0v) is 46.7. The Bertz CT molecular complexity index is 4900. The van der Waals surface area contributed by atoms with E-state index in [4.69, 9.17) is 0 Å². The van der Waals surface area contributed by atoms with Crippen LogP contribution >= 0.6 is 0 Å². The van der Waals surface area contributed by atoms with Crippen molar-refractivity contribution in [2.45, 2.75) is 12.3 Å². The highest BCUT2D eigenvalue weighted by Crippen LogP contribution is 2.63. The molecule has 3 aliphatic carbocycles. The highest BCUT2D eigenvalue weighted by molar-refractivity contribution is 6.28. The molecule has 1 unspecified atom stereocenters. The normalized spacial score (nSPS) is 13.4. The van der Waals surface area contributed by atoms with Crippen LogP contribution in [-0.2, 0) is 0 Å². The number of nitrogens with one attached hydrogen (secondary N) is 1. The van der Waals surface area contributed by atoms with Crippen LogP contribution in [0.3, 0.4) is 0 Å². The van der Waals surface area contributed by atoms with Crippen LogP contribution in [0.1, 0.15) is 17.9 Å². The molecule has 14 aromatic rings.